The van der Waals surface area contributed by atoms with Crippen LogP contribution in [-0.2, 0) is 11.2 Å². The second-order valence-corrected chi connectivity index (χ2v) is 5.41. The Bertz CT molecular complexity index is 389. The first kappa shape index (κ1) is 13.1. The van der Waals surface area contributed by atoms with Crippen molar-refractivity contribution >= 4 is 23.2 Å². The average Bonchev–Trinajstić information content (AvgIpc) is 2.35. The minimum absolute atomic E-state index is 0.147. The summed E-state index contributed by atoms with van der Waals surface area (Å²) in [6.07, 6.45) is 2.54. The molecule has 1 aromatic carbocycles. The first-order chi connectivity index (χ1) is 8.15. The lowest BCUT2D eigenvalue weighted by Crippen LogP contribution is -2.35. The molecule has 0 N–H and O–H groups in total. The summed E-state index contributed by atoms with van der Waals surface area (Å²) in [4.78, 5) is 0. The molecule has 1 aliphatic rings. The van der Waals surface area contributed by atoms with Crippen molar-refractivity contribution in [3.05, 3.63) is 34.6 Å². The second-order valence-electron chi connectivity index (χ2n) is 4.70. The third-order valence-corrected chi connectivity index (χ3v) is 4.06. The van der Waals surface area contributed by atoms with Crippen LogP contribution in [0.4, 0.5) is 4.39 Å². The minimum atomic E-state index is -0.218. The molecule has 0 spiro atoms. The SMILES string of the molecule is Fc1ccc(Cl)cc1CC1(CCl)CCCOC1. The number of alkyl halides is 1. The van der Waals surface area contributed by atoms with E-state index in [1.54, 1.807) is 12.1 Å². The molecule has 94 valence electrons. The van der Waals surface area contributed by atoms with Crippen LogP contribution < -0.4 is 0 Å². The van der Waals surface area contributed by atoms with Gasteiger partial charge in [-0.15, -0.1) is 11.6 Å². The van der Waals surface area contributed by atoms with E-state index >= 15 is 0 Å². The van der Waals surface area contributed by atoms with E-state index in [9.17, 15) is 4.39 Å². The smallest absolute Gasteiger partial charge is 0.126 e. The highest BCUT2D eigenvalue weighted by molar-refractivity contribution is 6.30. The van der Waals surface area contributed by atoms with Gasteiger partial charge < -0.3 is 4.74 Å². The van der Waals surface area contributed by atoms with Gasteiger partial charge in [0, 0.05) is 22.9 Å². The molecule has 0 amide bonds. The summed E-state index contributed by atoms with van der Waals surface area (Å²) in [5, 5.41) is 0.558. The monoisotopic (exact) mass is 276 g/mol. The van der Waals surface area contributed by atoms with Gasteiger partial charge in [0.15, 0.2) is 0 Å². The standard InChI is InChI=1S/C13H15Cl2FO/c14-8-13(4-1-5-17-9-13)7-10-6-11(15)2-3-12(10)16/h2-3,6H,1,4-5,7-9H2. The minimum Gasteiger partial charge on any atom is -0.381 e. The zero-order chi connectivity index (χ0) is 12.3. The predicted molar refractivity (Wildman–Crippen MR) is 68.3 cm³/mol. The highest BCUT2D eigenvalue weighted by Gasteiger charge is 2.33. The zero-order valence-corrected chi connectivity index (χ0v) is 11.0. The summed E-state index contributed by atoms with van der Waals surface area (Å²) < 4.78 is 19.2. The lowest BCUT2D eigenvalue weighted by molar-refractivity contribution is 0.00440. The summed E-state index contributed by atoms with van der Waals surface area (Å²) in [5.41, 5.74) is 0.481. The fraction of sp³-hybridized carbons (Fsp3) is 0.538. The lowest BCUT2D eigenvalue weighted by atomic mass is 9.79. The van der Waals surface area contributed by atoms with E-state index in [-0.39, 0.29) is 11.2 Å². The van der Waals surface area contributed by atoms with Crippen LogP contribution in [-0.4, -0.2) is 19.1 Å². The van der Waals surface area contributed by atoms with Gasteiger partial charge in [-0.05, 0) is 43.0 Å². The number of halogens is 3. The molecule has 1 atom stereocenters. The summed E-state index contributed by atoms with van der Waals surface area (Å²) >= 11 is 11.9. The van der Waals surface area contributed by atoms with E-state index in [1.807, 2.05) is 0 Å². The van der Waals surface area contributed by atoms with Crippen LogP contribution in [0.2, 0.25) is 5.02 Å². The first-order valence-corrected chi connectivity index (χ1v) is 6.64. The normalized spacial score (nSPS) is 24.9. The molecule has 17 heavy (non-hydrogen) atoms. The highest BCUT2D eigenvalue weighted by atomic mass is 35.5. The molecule has 1 heterocycles. The van der Waals surface area contributed by atoms with Crippen molar-refractivity contribution in [1.29, 1.82) is 0 Å². The Morgan fingerprint density at radius 3 is 2.88 bits per heavy atom. The molecule has 0 aromatic heterocycles. The predicted octanol–water partition coefficient (Wildman–Crippen LogP) is 4.06. The van der Waals surface area contributed by atoms with Gasteiger partial charge in [0.05, 0.1) is 6.61 Å². The van der Waals surface area contributed by atoms with E-state index in [2.05, 4.69) is 0 Å². The van der Waals surface area contributed by atoms with Crippen molar-refractivity contribution in [2.24, 2.45) is 5.41 Å². The third kappa shape index (κ3) is 3.12. The molecule has 1 nitrogen and oxygen atoms in total. The van der Waals surface area contributed by atoms with Crippen molar-refractivity contribution in [2.75, 3.05) is 19.1 Å². The molecule has 0 bridgehead atoms. The quantitative estimate of drug-likeness (QED) is 0.757. The first-order valence-electron chi connectivity index (χ1n) is 5.73. The summed E-state index contributed by atoms with van der Waals surface area (Å²) in [6.45, 7) is 1.37. The van der Waals surface area contributed by atoms with Crippen molar-refractivity contribution in [1.82, 2.24) is 0 Å². The topological polar surface area (TPSA) is 9.23 Å². The summed E-state index contributed by atoms with van der Waals surface area (Å²) in [7, 11) is 0. The molecule has 1 aromatic rings. The number of benzene rings is 1. The maximum atomic E-state index is 13.7. The Hall–Kier alpha value is -0.310. The van der Waals surface area contributed by atoms with E-state index in [4.69, 9.17) is 27.9 Å². The Morgan fingerprint density at radius 2 is 2.24 bits per heavy atom. The Kier molecular flexibility index (Phi) is 4.29. The van der Waals surface area contributed by atoms with E-state index in [1.165, 1.54) is 6.07 Å². The van der Waals surface area contributed by atoms with E-state index in [0.717, 1.165) is 19.4 Å². The van der Waals surface area contributed by atoms with E-state index in [0.29, 0.717) is 29.5 Å². The Labute approximate surface area is 111 Å². The van der Waals surface area contributed by atoms with Gasteiger partial charge in [-0.1, -0.05) is 11.6 Å². The highest BCUT2D eigenvalue weighted by Crippen LogP contribution is 2.35. The van der Waals surface area contributed by atoms with Gasteiger partial charge in [-0.3, -0.25) is 0 Å². The van der Waals surface area contributed by atoms with E-state index < -0.39 is 0 Å². The molecule has 0 saturated carbocycles. The van der Waals surface area contributed by atoms with Crippen LogP contribution in [0.3, 0.4) is 0 Å². The van der Waals surface area contributed by atoms with Crippen LogP contribution >= 0.6 is 23.2 Å². The second kappa shape index (κ2) is 5.55. The molecular formula is C13H15Cl2FO. The molecule has 1 saturated heterocycles. The molecule has 2 rings (SSSR count). The third-order valence-electron chi connectivity index (χ3n) is 3.26. The van der Waals surface area contributed by atoms with Crippen LogP contribution in [0.1, 0.15) is 18.4 Å². The number of hydrogen-bond donors (Lipinski definition) is 0. The number of rotatable bonds is 3. The van der Waals surface area contributed by atoms with Crippen LogP contribution in [0, 0.1) is 11.2 Å². The van der Waals surface area contributed by atoms with Gasteiger partial charge in [0.1, 0.15) is 5.82 Å². The number of ether oxygens (including phenoxy) is 1. The summed E-state index contributed by atoms with van der Waals surface area (Å²) in [5.74, 6) is 0.267. The van der Waals surface area contributed by atoms with Crippen LogP contribution in [0.25, 0.3) is 0 Å². The van der Waals surface area contributed by atoms with Gasteiger partial charge in [-0.25, -0.2) is 4.39 Å². The van der Waals surface area contributed by atoms with Crippen LogP contribution in [0.5, 0.6) is 0 Å². The van der Waals surface area contributed by atoms with Gasteiger partial charge in [-0.2, -0.15) is 0 Å². The largest absolute Gasteiger partial charge is 0.381 e. The van der Waals surface area contributed by atoms with Crippen molar-refractivity contribution < 1.29 is 9.13 Å². The zero-order valence-electron chi connectivity index (χ0n) is 9.52. The van der Waals surface area contributed by atoms with Crippen molar-refractivity contribution in [3.63, 3.8) is 0 Å². The molecule has 1 aliphatic heterocycles. The molecule has 4 heteroatoms. The average molecular weight is 277 g/mol. The molecule has 1 unspecified atom stereocenters. The maximum Gasteiger partial charge on any atom is 0.126 e. The fourth-order valence-electron chi connectivity index (χ4n) is 2.28. The molecule has 0 aliphatic carbocycles. The fourth-order valence-corrected chi connectivity index (χ4v) is 2.78. The Morgan fingerprint density at radius 1 is 1.41 bits per heavy atom. The Balaban J connectivity index is 2.20. The maximum absolute atomic E-state index is 13.7. The molecular weight excluding hydrogens is 262 g/mol. The van der Waals surface area contributed by atoms with Gasteiger partial charge >= 0.3 is 0 Å². The van der Waals surface area contributed by atoms with Gasteiger partial charge in [0.2, 0.25) is 0 Å². The molecule has 1 fully saturated rings. The van der Waals surface area contributed by atoms with Crippen LogP contribution in [0.15, 0.2) is 18.2 Å². The van der Waals surface area contributed by atoms with Crippen molar-refractivity contribution in [3.8, 4) is 0 Å². The summed E-state index contributed by atoms with van der Waals surface area (Å²) in [6, 6.07) is 4.65. The van der Waals surface area contributed by atoms with Gasteiger partial charge in [0.25, 0.3) is 0 Å². The number of hydrogen-bond acceptors (Lipinski definition) is 1. The van der Waals surface area contributed by atoms with Crippen molar-refractivity contribution in [2.45, 2.75) is 19.3 Å². The lowest BCUT2D eigenvalue weighted by Gasteiger charge is -2.35. The molecule has 0 radical (unpaired) electrons.